The minimum absolute atomic E-state index is 0.446. The average molecular weight is 663 g/mol. The van der Waals surface area contributed by atoms with E-state index in [1.165, 1.54) is 0 Å². The van der Waals surface area contributed by atoms with E-state index in [1.54, 1.807) is 9.36 Å². The molecule has 0 saturated heterocycles. The van der Waals surface area contributed by atoms with Gasteiger partial charge in [-0.05, 0) is 100 Å². The third-order valence-corrected chi connectivity index (χ3v) is 8.47. The Morgan fingerprint density at radius 1 is 0.490 bits per heavy atom. The smallest absolute Gasteiger partial charge is 0.228 e. The highest BCUT2D eigenvalue weighted by molar-refractivity contribution is 6.30. The van der Waals surface area contributed by atoms with E-state index in [-0.39, 0.29) is 0 Å². The van der Waals surface area contributed by atoms with Crippen LogP contribution in [0, 0.1) is 27.7 Å². The molecule has 4 aromatic carbocycles. The van der Waals surface area contributed by atoms with Crippen molar-refractivity contribution < 1.29 is 0 Å². The van der Waals surface area contributed by atoms with Crippen LogP contribution in [0.15, 0.2) is 115 Å². The molecule has 0 fully saturated rings. The maximum atomic E-state index is 6.48. The number of hydrazine groups is 1. The lowest BCUT2D eigenvalue weighted by molar-refractivity contribution is 0.770. The summed E-state index contributed by atoms with van der Waals surface area (Å²) >= 11 is 6.48. The summed E-state index contributed by atoms with van der Waals surface area (Å²) in [4.78, 5) is 20.5. The third-order valence-electron chi connectivity index (χ3n) is 8.21. The Kier molecular flexibility index (Phi) is 7.49. The summed E-state index contributed by atoms with van der Waals surface area (Å²) in [5.74, 6) is 2.15. The Morgan fingerprint density at radius 2 is 0.918 bits per heavy atom. The standard InChI is InChI=1S/C38H31ClN10/c1-24-22-26(3)46(44-24)37-40-33-16-10-8-14-31(33)35(42-37)48(29-12-6-5-7-13-29)49(30-20-18-28(39)19-21-30)36-32-15-9-11-17-34(32)41-38(43-36)47-27(4)23-25(2)45-47/h5-23H,1-4H3. The maximum Gasteiger partial charge on any atom is 0.253 e. The molecule has 0 bridgehead atoms. The Bertz CT molecular complexity index is 2470. The molecule has 0 aliphatic rings. The van der Waals surface area contributed by atoms with Crippen molar-refractivity contribution in [2.45, 2.75) is 27.7 Å². The van der Waals surface area contributed by atoms with E-state index in [4.69, 9.17) is 41.7 Å². The van der Waals surface area contributed by atoms with Crippen molar-refractivity contribution in [3.63, 3.8) is 0 Å². The zero-order valence-corrected chi connectivity index (χ0v) is 28.1. The van der Waals surface area contributed by atoms with E-state index in [2.05, 4.69) is 10.0 Å². The molecule has 4 heterocycles. The van der Waals surface area contributed by atoms with E-state index in [0.29, 0.717) is 28.6 Å². The van der Waals surface area contributed by atoms with Crippen LogP contribution in [-0.2, 0) is 0 Å². The van der Waals surface area contributed by atoms with Gasteiger partial charge in [-0.25, -0.2) is 29.3 Å². The van der Waals surface area contributed by atoms with Crippen LogP contribution in [0.5, 0.6) is 0 Å². The monoisotopic (exact) mass is 662 g/mol. The molecule has 8 aromatic rings. The topological polar surface area (TPSA) is 93.7 Å². The van der Waals surface area contributed by atoms with Gasteiger partial charge in [-0.2, -0.15) is 20.2 Å². The van der Waals surface area contributed by atoms with Crippen molar-refractivity contribution in [2.75, 3.05) is 10.0 Å². The van der Waals surface area contributed by atoms with E-state index in [0.717, 1.165) is 56.0 Å². The van der Waals surface area contributed by atoms with Crippen LogP contribution in [0.25, 0.3) is 33.7 Å². The molecular weight excluding hydrogens is 632 g/mol. The number of aromatic nitrogens is 8. The zero-order chi connectivity index (χ0) is 33.6. The van der Waals surface area contributed by atoms with E-state index < -0.39 is 0 Å². The SMILES string of the molecule is Cc1cc(C)n(-c2nc(N(c3ccccc3)N(c3ccc(Cl)cc3)c3nc(-n4nc(C)cc4C)nc4ccccc34)c3ccccc3n2)n1. The number of hydrogen-bond donors (Lipinski definition) is 0. The number of aryl methyl sites for hydroxylation is 4. The second-order valence-corrected chi connectivity index (χ2v) is 12.3. The molecular formula is C38H31ClN10. The van der Waals surface area contributed by atoms with Crippen LogP contribution in [0.4, 0.5) is 23.0 Å². The summed E-state index contributed by atoms with van der Waals surface area (Å²) < 4.78 is 3.56. The molecule has 0 amide bonds. The van der Waals surface area contributed by atoms with Gasteiger partial charge in [-0.15, -0.1) is 0 Å². The number of nitrogens with zero attached hydrogens (tertiary/aromatic N) is 10. The summed E-state index contributed by atoms with van der Waals surface area (Å²) in [5.41, 5.74) is 6.77. The van der Waals surface area contributed by atoms with E-state index in [9.17, 15) is 0 Å². The summed E-state index contributed by atoms with van der Waals surface area (Å²) in [6.45, 7) is 7.92. The fraction of sp³-hybridized carbons (Fsp3) is 0.105. The first-order chi connectivity index (χ1) is 23.8. The molecule has 8 rings (SSSR count). The number of benzene rings is 4. The fourth-order valence-corrected chi connectivity index (χ4v) is 6.21. The number of fused-ring (bicyclic) bond motifs is 2. The van der Waals surface area contributed by atoms with Crippen LogP contribution in [0.2, 0.25) is 5.02 Å². The molecule has 0 saturated carbocycles. The van der Waals surface area contributed by atoms with Gasteiger partial charge in [0.1, 0.15) is 0 Å². The highest BCUT2D eigenvalue weighted by Crippen LogP contribution is 2.41. The first kappa shape index (κ1) is 30.2. The lowest BCUT2D eigenvalue weighted by Crippen LogP contribution is -2.38. The van der Waals surface area contributed by atoms with Crippen molar-refractivity contribution in [3.05, 3.63) is 143 Å². The van der Waals surface area contributed by atoms with Crippen molar-refractivity contribution in [3.8, 4) is 11.9 Å². The number of anilines is 4. The quantitative estimate of drug-likeness (QED) is 0.156. The van der Waals surface area contributed by atoms with Crippen LogP contribution in [0.1, 0.15) is 22.8 Å². The molecule has 0 atom stereocenters. The minimum atomic E-state index is 0.446. The first-order valence-corrected chi connectivity index (χ1v) is 16.2. The molecule has 10 nitrogen and oxygen atoms in total. The summed E-state index contributed by atoms with van der Waals surface area (Å²) in [5, 5.41) is 15.9. The first-order valence-electron chi connectivity index (χ1n) is 15.9. The molecule has 240 valence electrons. The van der Waals surface area contributed by atoms with Gasteiger partial charge in [-0.3, -0.25) is 0 Å². The molecule has 0 aliphatic carbocycles. The van der Waals surface area contributed by atoms with Gasteiger partial charge in [-0.1, -0.05) is 54.1 Å². The molecule has 0 radical (unpaired) electrons. The lowest BCUT2D eigenvalue weighted by Gasteiger charge is -2.37. The predicted octanol–water partition coefficient (Wildman–Crippen LogP) is 8.72. The number of para-hydroxylation sites is 3. The molecule has 0 aliphatic heterocycles. The van der Waals surface area contributed by atoms with Gasteiger partial charge in [0, 0.05) is 27.2 Å². The fourth-order valence-electron chi connectivity index (χ4n) is 6.09. The second kappa shape index (κ2) is 12.1. The summed E-state index contributed by atoms with van der Waals surface area (Å²) in [6.07, 6.45) is 0. The van der Waals surface area contributed by atoms with E-state index in [1.807, 2.05) is 143 Å². The normalized spacial score (nSPS) is 11.4. The van der Waals surface area contributed by atoms with Crippen molar-refractivity contribution >= 4 is 56.4 Å². The molecule has 49 heavy (non-hydrogen) atoms. The zero-order valence-electron chi connectivity index (χ0n) is 27.3. The Labute approximate surface area is 287 Å². The van der Waals surface area contributed by atoms with Gasteiger partial charge in [0.2, 0.25) is 0 Å². The van der Waals surface area contributed by atoms with Gasteiger partial charge in [0.25, 0.3) is 11.9 Å². The van der Waals surface area contributed by atoms with Gasteiger partial charge >= 0.3 is 0 Å². The number of halogens is 1. The van der Waals surface area contributed by atoms with Crippen molar-refractivity contribution in [1.82, 2.24) is 39.5 Å². The third kappa shape index (κ3) is 5.51. The van der Waals surface area contributed by atoms with Crippen LogP contribution < -0.4 is 10.0 Å². The summed E-state index contributed by atoms with van der Waals surface area (Å²) in [7, 11) is 0. The predicted molar refractivity (Wildman–Crippen MR) is 194 cm³/mol. The van der Waals surface area contributed by atoms with Crippen LogP contribution in [-0.4, -0.2) is 39.5 Å². The van der Waals surface area contributed by atoms with Crippen molar-refractivity contribution in [2.24, 2.45) is 0 Å². The molecule has 0 spiro atoms. The molecule has 11 heteroatoms. The molecule has 0 N–H and O–H groups in total. The average Bonchev–Trinajstić information content (AvgIpc) is 3.65. The molecule has 4 aromatic heterocycles. The van der Waals surface area contributed by atoms with Crippen LogP contribution in [0.3, 0.4) is 0 Å². The Hall–Kier alpha value is -6.13. The number of hydrogen-bond acceptors (Lipinski definition) is 8. The minimum Gasteiger partial charge on any atom is -0.228 e. The molecule has 0 unspecified atom stereocenters. The largest absolute Gasteiger partial charge is 0.253 e. The summed E-state index contributed by atoms with van der Waals surface area (Å²) in [6, 6.07) is 37.8. The Balaban J connectivity index is 1.49. The second-order valence-electron chi connectivity index (χ2n) is 11.8. The maximum absolute atomic E-state index is 6.48. The number of rotatable bonds is 7. The van der Waals surface area contributed by atoms with Gasteiger partial charge in [0.15, 0.2) is 11.6 Å². The van der Waals surface area contributed by atoms with E-state index >= 15 is 0 Å². The van der Waals surface area contributed by atoms with Crippen molar-refractivity contribution in [1.29, 1.82) is 0 Å². The highest BCUT2D eigenvalue weighted by Gasteiger charge is 2.29. The van der Waals surface area contributed by atoms with Gasteiger partial charge in [0.05, 0.1) is 33.8 Å². The lowest BCUT2D eigenvalue weighted by atomic mass is 10.2. The Morgan fingerprint density at radius 3 is 1.37 bits per heavy atom. The highest BCUT2D eigenvalue weighted by atomic mass is 35.5. The van der Waals surface area contributed by atoms with Crippen LogP contribution >= 0.6 is 11.6 Å². The van der Waals surface area contributed by atoms with Gasteiger partial charge < -0.3 is 0 Å².